The Morgan fingerprint density at radius 1 is 1.37 bits per heavy atom. The van der Waals surface area contributed by atoms with Crippen molar-refractivity contribution >= 4 is 21.6 Å². The lowest BCUT2D eigenvalue weighted by molar-refractivity contribution is 0.333. The van der Waals surface area contributed by atoms with E-state index in [1.54, 1.807) is 0 Å². The molecule has 2 fully saturated rings. The van der Waals surface area contributed by atoms with Crippen LogP contribution in [0.1, 0.15) is 24.8 Å². The first-order valence-electron chi connectivity index (χ1n) is 6.38. The molecule has 1 aliphatic heterocycles. The number of piperidine rings is 1. The second kappa shape index (κ2) is 4.72. The topological polar surface area (TPSA) is 37.4 Å². The van der Waals surface area contributed by atoms with Crippen molar-refractivity contribution in [2.75, 3.05) is 6.54 Å². The lowest BCUT2D eigenvalue weighted by Gasteiger charge is -2.26. The Morgan fingerprint density at radius 2 is 2.16 bits per heavy atom. The highest BCUT2D eigenvalue weighted by Crippen LogP contribution is 2.41. The Morgan fingerprint density at radius 3 is 2.74 bits per heavy atom. The maximum absolute atomic E-state index is 13.4. The predicted octanol–water partition coefficient (Wildman–Crippen LogP) is 2.74. The molecule has 1 heterocycles. The summed E-state index contributed by atoms with van der Waals surface area (Å²) in [5, 5.41) is 0. The number of rotatable bonds is 3. The molecule has 0 radical (unpaired) electrons. The Balaban J connectivity index is 2.03. The van der Waals surface area contributed by atoms with Crippen molar-refractivity contribution in [3.05, 3.63) is 29.6 Å². The van der Waals surface area contributed by atoms with Gasteiger partial charge in [0.25, 0.3) is 0 Å². The quantitative estimate of drug-likeness (QED) is 0.805. The first-order chi connectivity index (χ1) is 9.02. The van der Waals surface area contributed by atoms with Crippen molar-refractivity contribution in [1.29, 1.82) is 0 Å². The predicted molar refractivity (Wildman–Crippen MR) is 71.0 cm³/mol. The van der Waals surface area contributed by atoms with Crippen LogP contribution < -0.4 is 0 Å². The standard InChI is InChI=1S/C13H15ClFNO2S/c14-7-10-2-3-11(15)6-13(10)19(17,18)16-8-9-1-4-12(16)5-9/h2-3,6,9,12H,1,4-5,7-8H2. The molecule has 1 aromatic rings. The van der Waals surface area contributed by atoms with Crippen LogP contribution in [0.2, 0.25) is 0 Å². The fourth-order valence-corrected chi connectivity index (χ4v) is 5.47. The highest BCUT2D eigenvalue weighted by molar-refractivity contribution is 7.89. The Labute approximate surface area is 117 Å². The van der Waals surface area contributed by atoms with Crippen LogP contribution in [-0.2, 0) is 15.9 Å². The number of alkyl halides is 1. The highest BCUT2D eigenvalue weighted by Gasteiger charge is 2.44. The van der Waals surface area contributed by atoms with Gasteiger partial charge in [0, 0.05) is 18.5 Å². The molecule has 0 aromatic heterocycles. The number of halogens is 2. The Hall–Kier alpha value is -0.650. The van der Waals surface area contributed by atoms with E-state index in [0.717, 1.165) is 25.3 Å². The van der Waals surface area contributed by atoms with E-state index in [2.05, 4.69) is 0 Å². The van der Waals surface area contributed by atoms with Crippen molar-refractivity contribution in [2.45, 2.75) is 36.1 Å². The summed E-state index contributed by atoms with van der Waals surface area (Å²) in [7, 11) is -3.63. The zero-order valence-electron chi connectivity index (χ0n) is 10.4. The summed E-state index contributed by atoms with van der Waals surface area (Å²) in [4.78, 5) is 0.0232. The van der Waals surface area contributed by atoms with Crippen molar-refractivity contribution in [2.24, 2.45) is 5.92 Å². The van der Waals surface area contributed by atoms with Crippen LogP contribution >= 0.6 is 11.6 Å². The van der Waals surface area contributed by atoms with Crippen LogP contribution in [0.3, 0.4) is 0 Å². The summed E-state index contributed by atoms with van der Waals surface area (Å²) < 4.78 is 40.2. The Kier molecular flexibility index (Phi) is 3.31. The van der Waals surface area contributed by atoms with Gasteiger partial charge >= 0.3 is 0 Å². The van der Waals surface area contributed by atoms with E-state index in [0.29, 0.717) is 18.0 Å². The summed E-state index contributed by atoms with van der Waals surface area (Å²) in [6, 6.07) is 3.86. The second-order valence-electron chi connectivity index (χ2n) is 5.29. The summed E-state index contributed by atoms with van der Waals surface area (Å²) in [6.45, 7) is 0.561. The van der Waals surface area contributed by atoms with Gasteiger partial charge in [0.1, 0.15) is 5.82 Å². The van der Waals surface area contributed by atoms with Crippen molar-refractivity contribution in [1.82, 2.24) is 4.31 Å². The number of nitrogens with zero attached hydrogens (tertiary/aromatic N) is 1. The van der Waals surface area contributed by atoms with E-state index in [-0.39, 0.29) is 16.8 Å². The molecule has 6 heteroatoms. The molecule has 2 bridgehead atoms. The van der Waals surface area contributed by atoms with Crippen LogP contribution in [-0.4, -0.2) is 25.3 Å². The lowest BCUT2D eigenvalue weighted by atomic mass is 10.1. The van der Waals surface area contributed by atoms with Gasteiger partial charge in [-0.2, -0.15) is 4.31 Å². The average molecular weight is 304 g/mol. The highest BCUT2D eigenvalue weighted by atomic mass is 35.5. The van der Waals surface area contributed by atoms with E-state index in [9.17, 15) is 12.8 Å². The van der Waals surface area contributed by atoms with Gasteiger partial charge < -0.3 is 0 Å². The van der Waals surface area contributed by atoms with E-state index in [1.807, 2.05) is 0 Å². The SMILES string of the molecule is O=S(=O)(c1cc(F)ccc1CCl)N1CC2CCC1C2. The molecule has 2 atom stereocenters. The van der Waals surface area contributed by atoms with E-state index >= 15 is 0 Å². The van der Waals surface area contributed by atoms with Gasteiger partial charge in [0.2, 0.25) is 10.0 Å². The molecule has 104 valence electrons. The fourth-order valence-electron chi connectivity index (χ4n) is 3.18. The van der Waals surface area contributed by atoms with Crippen LogP contribution in [0.4, 0.5) is 4.39 Å². The number of fused-ring (bicyclic) bond motifs is 2. The second-order valence-corrected chi connectivity index (χ2v) is 7.42. The Bertz CT molecular complexity index is 605. The molecular weight excluding hydrogens is 289 g/mol. The van der Waals surface area contributed by atoms with E-state index < -0.39 is 15.8 Å². The van der Waals surface area contributed by atoms with Gasteiger partial charge in [0.15, 0.2) is 0 Å². The average Bonchev–Trinajstić information content (AvgIpc) is 3.01. The minimum absolute atomic E-state index is 0.0232. The lowest BCUT2D eigenvalue weighted by Crippen LogP contribution is -2.38. The molecule has 0 spiro atoms. The minimum atomic E-state index is -3.63. The molecule has 1 aliphatic carbocycles. The number of benzene rings is 1. The molecule has 3 nitrogen and oxygen atoms in total. The smallest absolute Gasteiger partial charge is 0.207 e. The molecule has 1 saturated carbocycles. The third-order valence-electron chi connectivity index (χ3n) is 4.12. The van der Waals surface area contributed by atoms with Crippen molar-refractivity contribution in [3.8, 4) is 0 Å². The van der Waals surface area contributed by atoms with Crippen molar-refractivity contribution < 1.29 is 12.8 Å². The maximum atomic E-state index is 13.4. The molecule has 2 aliphatic rings. The molecule has 1 saturated heterocycles. The zero-order chi connectivity index (χ0) is 13.6. The largest absolute Gasteiger partial charge is 0.243 e. The molecule has 0 amide bonds. The summed E-state index contributed by atoms with van der Waals surface area (Å²) in [5.74, 6) is -0.0128. The number of hydrogen-bond acceptors (Lipinski definition) is 2. The van der Waals surface area contributed by atoms with Crippen LogP contribution in [0.5, 0.6) is 0 Å². The third-order valence-corrected chi connectivity index (χ3v) is 6.41. The van der Waals surface area contributed by atoms with Gasteiger partial charge in [-0.15, -0.1) is 11.6 Å². The molecule has 1 aromatic carbocycles. The van der Waals surface area contributed by atoms with Gasteiger partial charge in [-0.05, 0) is 42.9 Å². The number of sulfonamides is 1. The molecule has 0 N–H and O–H groups in total. The van der Waals surface area contributed by atoms with Crippen molar-refractivity contribution in [3.63, 3.8) is 0 Å². The maximum Gasteiger partial charge on any atom is 0.243 e. The normalized spacial score (nSPS) is 27.1. The summed E-state index contributed by atoms with van der Waals surface area (Å²) in [6.07, 6.45) is 2.95. The first-order valence-corrected chi connectivity index (χ1v) is 8.36. The van der Waals surface area contributed by atoms with E-state index in [4.69, 9.17) is 11.6 Å². The van der Waals surface area contributed by atoms with Gasteiger partial charge in [0.05, 0.1) is 4.90 Å². The molecule has 2 unspecified atom stereocenters. The summed E-state index contributed by atoms with van der Waals surface area (Å²) >= 11 is 5.77. The van der Waals surface area contributed by atoms with Gasteiger partial charge in [-0.25, -0.2) is 12.8 Å². The zero-order valence-corrected chi connectivity index (χ0v) is 11.9. The fraction of sp³-hybridized carbons (Fsp3) is 0.538. The molecule has 3 rings (SSSR count). The van der Waals surface area contributed by atoms with Crippen LogP contribution in [0.15, 0.2) is 23.1 Å². The third kappa shape index (κ3) is 2.18. The van der Waals surface area contributed by atoms with Gasteiger partial charge in [-0.3, -0.25) is 0 Å². The van der Waals surface area contributed by atoms with E-state index in [1.165, 1.54) is 16.4 Å². The van der Waals surface area contributed by atoms with Crippen LogP contribution in [0.25, 0.3) is 0 Å². The minimum Gasteiger partial charge on any atom is -0.207 e. The summed E-state index contributed by atoms with van der Waals surface area (Å²) in [5.41, 5.74) is 0.464. The molecule has 19 heavy (non-hydrogen) atoms. The first kappa shape index (κ1) is 13.3. The van der Waals surface area contributed by atoms with Gasteiger partial charge in [-0.1, -0.05) is 6.07 Å². The number of hydrogen-bond donors (Lipinski definition) is 0. The van der Waals surface area contributed by atoms with Crippen LogP contribution in [0, 0.1) is 11.7 Å². The monoisotopic (exact) mass is 303 g/mol. The molecular formula is C13H15ClFNO2S.